The molecule has 0 bridgehead atoms. The second kappa shape index (κ2) is 37.6. The summed E-state index contributed by atoms with van der Waals surface area (Å²) in [6, 6.07) is 0. The van der Waals surface area contributed by atoms with Crippen molar-refractivity contribution in [2.75, 3.05) is 32.8 Å². The van der Waals surface area contributed by atoms with Crippen LogP contribution in [-0.4, -0.2) is 48.8 Å². The van der Waals surface area contributed by atoms with Crippen LogP contribution in [0, 0.1) is 0 Å². The van der Waals surface area contributed by atoms with Gasteiger partial charge in [0.25, 0.3) is 0 Å². The predicted octanol–water partition coefficient (Wildman–Crippen LogP) is 12.0. The molecule has 0 spiro atoms. The molecule has 43 heavy (non-hydrogen) atoms. The molecule has 4 nitrogen and oxygen atoms in total. The summed E-state index contributed by atoms with van der Waals surface area (Å²) in [4.78, 5) is 14.4. The SMILES string of the molecule is CCCCCCCCCCCCCCCCCCCC(=O)OCCN(CCO)CCCCCCCCCCCCCCC. The van der Waals surface area contributed by atoms with Gasteiger partial charge in [-0.2, -0.15) is 0 Å². The Morgan fingerprint density at radius 3 is 1.12 bits per heavy atom. The molecule has 0 aliphatic heterocycles. The number of nitrogens with zero attached hydrogens (tertiary/aromatic N) is 1. The van der Waals surface area contributed by atoms with Crippen molar-refractivity contribution in [1.82, 2.24) is 4.90 Å². The summed E-state index contributed by atoms with van der Waals surface area (Å²) in [6.07, 6.45) is 41.3. The number of esters is 1. The Bertz CT molecular complexity index is 527. The molecule has 0 saturated heterocycles. The first kappa shape index (κ1) is 42.4. The standard InChI is InChI=1S/C39H79NO3/c1-3-5-7-9-11-13-15-17-18-19-20-21-23-25-27-29-31-33-39(42)43-38-36-40(35-37-41)34-32-30-28-26-24-22-16-14-12-10-8-6-4-2/h41H,3-38H2,1-2H3. The Morgan fingerprint density at radius 1 is 0.442 bits per heavy atom. The number of hydrogen-bond donors (Lipinski definition) is 1. The molecule has 4 heteroatoms. The van der Waals surface area contributed by atoms with E-state index in [0.717, 1.165) is 25.9 Å². The Morgan fingerprint density at radius 2 is 0.767 bits per heavy atom. The molecular formula is C39H79NO3. The first-order valence-electron chi connectivity index (χ1n) is 19.7. The first-order valence-corrected chi connectivity index (χ1v) is 19.7. The van der Waals surface area contributed by atoms with E-state index in [2.05, 4.69) is 18.7 Å². The fraction of sp³-hybridized carbons (Fsp3) is 0.974. The summed E-state index contributed by atoms with van der Waals surface area (Å²) in [6.45, 7) is 7.61. The zero-order valence-electron chi connectivity index (χ0n) is 29.7. The van der Waals surface area contributed by atoms with E-state index >= 15 is 0 Å². The van der Waals surface area contributed by atoms with Gasteiger partial charge in [-0.05, 0) is 19.4 Å². The van der Waals surface area contributed by atoms with Crippen LogP contribution in [0.15, 0.2) is 0 Å². The van der Waals surface area contributed by atoms with Gasteiger partial charge < -0.3 is 9.84 Å². The van der Waals surface area contributed by atoms with Crippen LogP contribution in [0.25, 0.3) is 0 Å². The third-order valence-corrected chi connectivity index (χ3v) is 9.15. The molecule has 0 saturated carbocycles. The third kappa shape index (κ3) is 35.7. The molecule has 0 aliphatic rings. The van der Waals surface area contributed by atoms with Crippen LogP contribution in [0.5, 0.6) is 0 Å². The zero-order valence-corrected chi connectivity index (χ0v) is 29.7. The first-order chi connectivity index (χ1) is 21.2. The molecule has 0 atom stereocenters. The minimum Gasteiger partial charge on any atom is -0.464 e. The van der Waals surface area contributed by atoms with E-state index in [1.54, 1.807) is 0 Å². The summed E-state index contributed by atoms with van der Waals surface area (Å²) in [5.74, 6) is -0.0501. The Balaban J connectivity index is 3.45. The molecule has 0 radical (unpaired) electrons. The maximum Gasteiger partial charge on any atom is 0.305 e. The minimum absolute atomic E-state index is 0.0501. The van der Waals surface area contributed by atoms with Gasteiger partial charge in [-0.3, -0.25) is 9.69 Å². The van der Waals surface area contributed by atoms with E-state index in [1.807, 2.05) is 0 Å². The molecule has 0 fully saturated rings. The lowest BCUT2D eigenvalue weighted by Crippen LogP contribution is -2.32. The van der Waals surface area contributed by atoms with Gasteiger partial charge >= 0.3 is 5.97 Å². The molecule has 0 unspecified atom stereocenters. The fourth-order valence-corrected chi connectivity index (χ4v) is 6.18. The van der Waals surface area contributed by atoms with Crippen molar-refractivity contribution in [1.29, 1.82) is 0 Å². The quantitative estimate of drug-likeness (QED) is 0.0562. The molecule has 1 N–H and O–H groups in total. The van der Waals surface area contributed by atoms with E-state index in [4.69, 9.17) is 4.74 Å². The van der Waals surface area contributed by atoms with Gasteiger partial charge in [0.05, 0.1) is 6.61 Å². The minimum atomic E-state index is -0.0501. The molecular weight excluding hydrogens is 530 g/mol. The summed E-state index contributed by atoms with van der Waals surface area (Å²) in [5.41, 5.74) is 0. The van der Waals surface area contributed by atoms with E-state index < -0.39 is 0 Å². The van der Waals surface area contributed by atoms with Gasteiger partial charge in [-0.1, -0.05) is 194 Å². The molecule has 0 rings (SSSR count). The van der Waals surface area contributed by atoms with Gasteiger partial charge in [0.2, 0.25) is 0 Å². The second-order valence-corrected chi connectivity index (χ2v) is 13.4. The van der Waals surface area contributed by atoms with Crippen LogP contribution < -0.4 is 0 Å². The maximum absolute atomic E-state index is 12.1. The van der Waals surface area contributed by atoms with Crippen LogP contribution in [0.1, 0.15) is 213 Å². The van der Waals surface area contributed by atoms with Crippen molar-refractivity contribution < 1.29 is 14.6 Å². The second-order valence-electron chi connectivity index (χ2n) is 13.4. The highest BCUT2D eigenvalue weighted by Gasteiger charge is 2.07. The smallest absolute Gasteiger partial charge is 0.305 e. The van der Waals surface area contributed by atoms with Crippen LogP contribution in [0.2, 0.25) is 0 Å². The molecule has 0 heterocycles. The fourth-order valence-electron chi connectivity index (χ4n) is 6.18. The van der Waals surface area contributed by atoms with E-state index in [0.29, 0.717) is 19.6 Å². The lowest BCUT2D eigenvalue weighted by molar-refractivity contribution is -0.144. The summed E-state index contributed by atoms with van der Waals surface area (Å²) in [5, 5.41) is 9.41. The van der Waals surface area contributed by atoms with Gasteiger partial charge in [-0.25, -0.2) is 0 Å². The van der Waals surface area contributed by atoms with Crippen molar-refractivity contribution in [3.63, 3.8) is 0 Å². The molecule has 0 aliphatic carbocycles. The van der Waals surface area contributed by atoms with Gasteiger partial charge in [0, 0.05) is 19.5 Å². The Labute approximate surface area is 270 Å². The summed E-state index contributed by atoms with van der Waals surface area (Å²) in [7, 11) is 0. The number of aliphatic hydroxyl groups excluding tert-OH is 1. The monoisotopic (exact) mass is 610 g/mol. The average molecular weight is 610 g/mol. The molecule has 0 amide bonds. The normalized spacial score (nSPS) is 11.5. The van der Waals surface area contributed by atoms with Crippen LogP contribution in [0.3, 0.4) is 0 Å². The van der Waals surface area contributed by atoms with Crippen LogP contribution >= 0.6 is 0 Å². The third-order valence-electron chi connectivity index (χ3n) is 9.15. The topological polar surface area (TPSA) is 49.8 Å². The van der Waals surface area contributed by atoms with Crippen LogP contribution in [0.4, 0.5) is 0 Å². The largest absolute Gasteiger partial charge is 0.464 e. The molecule has 258 valence electrons. The van der Waals surface area contributed by atoms with Crippen molar-refractivity contribution >= 4 is 5.97 Å². The zero-order chi connectivity index (χ0) is 31.3. The number of rotatable bonds is 37. The van der Waals surface area contributed by atoms with E-state index in [1.165, 1.54) is 180 Å². The highest BCUT2D eigenvalue weighted by Crippen LogP contribution is 2.15. The number of hydrogen-bond acceptors (Lipinski definition) is 4. The summed E-state index contributed by atoms with van der Waals surface area (Å²) < 4.78 is 5.50. The number of carbonyl (C=O) groups excluding carboxylic acids is 1. The Kier molecular flexibility index (Phi) is 37.0. The Hall–Kier alpha value is -0.610. The summed E-state index contributed by atoms with van der Waals surface area (Å²) >= 11 is 0. The van der Waals surface area contributed by atoms with Crippen LogP contribution in [-0.2, 0) is 9.53 Å². The number of aliphatic hydroxyl groups is 1. The van der Waals surface area contributed by atoms with Crippen molar-refractivity contribution in [2.45, 2.75) is 213 Å². The van der Waals surface area contributed by atoms with Crippen molar-refractivity contribution in [3.8, 4) is 0 Å². The molecule has 0 aromatic carbocycles. The van der Waals surface area contributed by atoms with E-state index in [9.17, 15) is 9.90 Å². The van der Waals surface area contributed by atoms with Gasteiger partial charge in [0.1, 0.15) is 6.61 Å². The van der Waals surface area contributed by atoms with Crippen molar-refractivity contribution in [2.24, 2.45) is 0 Å². The lowest BCUT2D eigenvalue weighted by atomic mass is 10.0. The molecule has 0 aromatic heterocycles. The van der Waals surface area contributed by atoms with Crippen molar-refractivity contribution in [3.05, 3.63) is 0 Å². The number of carbonyl (C=O) groups is 1. The highest BCUT2D eigenvalue weighted by atomic mass is 16.5. The maximum atomic E-state index is 12.1. The predicted molar refractivity (Wildman–Crippen MR) is 189 cm³/mol. The van der Waals surface area contributed by atoms with Gasteiger partial charge in [0.15, 0.2) is 0 Å². The van der Waals surface area contributed by atoms with Gasteiger partial charge in [-0.15, -0.1) is 0 Å². The number of ether oxygens (including phenoxy) is 1. The highest BCUT2D eigenvalue weighted by molar-refractivity contribution is 5.69. The van der Waals surface area contributed by atoms with E-state index in [-0.39, 0.29) is 12.6 Å². The average Bonchev–Trinajstić information content (AvgIpc) is 3.01. The lowest BCUT2D eigenvalue weighted by Gasteiger charge is -2.21. The number of unbranched alkanes of at least 4 members (excludes halogenated alkanes) is 28. The molecule has 0 aromatic rings.